The molecule has 1 radical (unpaired) electrons. The number of rotatable bonds is 1. The lowest BCUT2D eigenvalue weighted by molar-refractivity contribution is -0.0328. The highest BCUT2D eigenvalue weighted by atomic mass is 32.2. The topological polar surface area (TPSA) is 12.9 Å². The predicted octanol–water partition coefficient (Wildman–Crippen LogP) is 3.25. The number of aromatic nitrogens is 1. The second-order valence-electron chi connectivity index (χ2n) is 1.88. The van der Waals surface area contributed by atoms with E-state index in [0.717, 1.165) is 6.20 Å². The summed E-state index contributed by atoms with van der Waals surface area (Å²) in [6.45, 7) is 0. The summed E-state index contributed by atoms with van der Waals surface area (Å²) < 4.78 is 35.3. The molecule has 0 fully saturated rings. The SMILES string of the molecule is FC(F)(F)Sc1ccc([S])nc1. The molecule has 0 aliphatic rings. The summed E-state index contributed by atoms with van der Waals surface area (Å²) in [6, 6.07) is 2.66. The number of nitrogens with zero attached hydrogens (tertiary/aromatic N) is 1. The molecule has 1 aromatic heterocycles. The van der Waals surface area contributed by atoms with Crippen LogP contribution in [0.1, 0.15) is 0 Å². The quantitative estimate of drug-likeness (QED) is 0.660. The maximum absolute atomic E-state index is 11.8. The molecule has 1 aromatic rings. The van der Waals surface area contributed by atoms with E-state index < -0.39 is 5.51 Å². The first-order valence-electron chi connectivity index (χ1n) is 2.86. The lowest BCUT2D eigenvalue weighted by Gasteiger charge is -2.03. The zero-order valence-electron chi connectivity index (χ0n) is 5.63. The van der Waals surface area contributed by atoms with Crippen molar-refractivity contribution >= 4 is 24.4 Å². The van der Waals surface area contributed by atoms with Gasteiger partial charge in [0.15, 0.2) is 0 Å². The normalized spacial score (nSPS) is 11.6. The standard InChI is InChI=1S/C6H3F3NS2/c7-6(8,9)12-4-1-2-5(11)10-3-4/h1-3H. The fraction of sp³-hybridized carbons (Fsp3) is 0.167. The number of halogens is 3. The largest absolute Gasteiger partial charge is 0.446 e. The average molecular weight is 210 g/mol. The maximum atomic E-state index is 11.8. The molecule has 0 amide bonds. The average Bonchev–Trinajstić information content (AvgIpc) is 1.91. The van der Waals surface area contributed by atoms with Crippen molar-refractivity contribution in [3.05, 3.63) is 18.3 Å². The van der Waals surface area contributed by atoms with Gasteiger partial charge in [-0.05, 0) is 23.9 Å². The zero-order valence-corrected chi connectivity index (χ0v) is 7.26. The second-order valence-corrected chi connectivity index (χ2v) is 3.44. The fourth-order valence-corrected chi connectivity index (χ4v) is 1.19. The highest BCUT2D eigenvalue weighted by Gasteiger charge is 2.29. The Kier molecular flexibility index (Phi) is 2.79. The first kappa shape index (κ1) is 9.60. The van der Waals surface area contributed by atoms with Gasteiger partial charge in [-0.2, -0.15) is 13.2 Å². The smallest absolute Gasteiger partial charge is 0.244 e. The summed E-state index contributed by atoms with van der Waals surface area (Å²) in [5.41, 5.74) is -4.26. The van der Waals surface area contributed by atoms with Crippen molar-refractivity contribution in [3.8, 4) is 0 Å². The molecule has 0 bridgehead atoms. The third-order valence-corrected chi connectivity index (χ3v) is 1.89. The van der Waals surface area contributed by atoms with Crippen LogP contribution in [0.3, 0.4) is 0 Å². The molecule has 0 aliphatic heterocycles. The molecule has 12 heavy (non-hydrogen) atoms. The number of hydrogen-bond acceptors (Lipinski definition) is 2. The number of hydrogen-bond donors (Lipinski definition) is 0. The van der Waals surface area contributed by atoms with Gasteiger partial charge in [0.1, 0.15) is 5.03 Å². The second kappa shape index (κ2) is 3.49. The third kappa shape index (κ3) is 3.27. The van der Waals surface area contributed by atoms with Gasteiger partial charge >= 0.3 is 5.51 Å². The van der Waals surface area contributed by atoms with Crippen LogP contribution >= 0.6 is 24.4 Å². The highest BCUT2D eigenvalue weighted by molar-refractivity contribution is 8.00. The number of pyridine rings is 1. The molecule has 0 saturated carbocycles. The van der Waals surface area contributed by atoms with Crippen molar-refractivity contribution < 1.29 is 13.2 Å². The van der Waals surface area contributed by atoms with Crippen LogP contribution in [-0.4, -0.2) is 10.5 Å². The predicted molar refractivity (Wildman–Crippen MR) is 42.0 cm³/mol. The van der Waals surface area contributed by atoms with Gasteiger partial charge in [-0.25, -0.2) is 4.98 Å². The Labute approximate surface area is 76.8 Å². The van der Waals surface area contributed by atoms with Crippen molar-refractivity contribution in [2.24, 2.45) is 0 Å². The molecule has 0 atom stereocenters. The van der Waals surface area contributed by atoms with Crippen LogP contribution in [0.4, 0.5) is 13.2 Å². The Morgan fingerprint density at radius 3 is 2.42 bits per heavy atom. The van der Waals surface area contributed by atoms with E-state index in [0.29, 0.717) is 5.03 Å². The van der Waals surface area contributed by atoms with Crippen LogP contribution in [0.5, 0.6) is 0 Å². The van der Waals surface area contributed by atoms with Gasteiger partial charge in [-0.3, -0.25) is 0 Å². The van der Waals surface area contributed by atoms with E-state index in [1.807, 2.05) is 0 Å². The van der Waals surface area contributed by atoms with Crippen LogP contribution in [0, 0.1) is 0 Å². The lowest BCUT2D eigenvalue weighted by atomic mass is 10.5. The zero-order chi connectivity index (χ0) is 9.19. The monoisotopic (exact) mass is 210 g/mol. The van der Waals surface area contributed by atoms with E-state index in [1.54, 1.807) is 0 Å². The third-order valence-electron chi connectivity index (χ3n) is 0.943. The maximum Gasteiger partial charge on any atom is 0.446 e. The van der Waals surface area contributed by atoms with Gasteiger partial charge < -0.3 is 0 Å². The van der Waals surface area contributed by atoms with E-state index in [2.05, 4.69) is 17.6 Å². The van der Waals surface area contributed by atoms with E-state index in [-0.39, 0.29) is 16.7 Å². The first-order valence-corrected chi connectivity index (χ1v) is 4.09. The first-order chi connectivity index (χ1) is 5.47. The van der Waals surface area contributed by atoms with Crippen LogP contribution in [-0.2, 0) is 0 Å². The van der Waals surface area contributed by atoms with Crippen molar-refractivity contribution in [2.75, 3.05) is 0 Å². The van der Waals surface area contributed by atoms with Crippen molar-refractivity contribution in [3.63, 3.8) is 0 Å². The van der Waals surface area contributed by atoms with E-state index in [9.17, 15) is 13.2 Å². The molecule has 1 nitrogen and oxygen atoms in total. The van der Waals surface area contributed by atoms with Crippen LogP contribution < -0.4 is 0 Å². The summed E-state index contributed by atoms with van der Waals surface area (Å²) in [5, 5.41) is 0.293. The molecule has 1 heterocycles. The van der Waals surface area contributed by atoms with Gasteiger partial charge in [0.05, 0.1) is 0 Å². The minimum atomic E-state index is -4.26. The minimum absolute atomic E-state index is 0.0519. The minimum Gasteiger partial charge on any atom is -0.244 e. The van der Waals surface area contributed by atoms with Gasteiger partial charge in [0.2, 0.25) is 0 Å². The lowest BCUT2D eigenvalue weighted by Crippen LogP contribution is -1.98. The molecule has 0 aliphatic carbocycles. The summed E-state index contributed by atoms with van der Waals surface area (Å²) in [4.78, 5) is 3.61. The highest BCUT2D eigenvalue weighted by Crippen LogP contribution is 2.36. The molecular weight excluding hydrogens is 207 g/mol. The van der Waals surface area contributed by atoms with Crippen molar-refractivity contribution in [2.45, 2.75) is 15.4 Å². The molecule has 0 saturated heterocycles. The van der Waals surface area contributed by atoms with E-state index in [1.165, 1.54) is 12.1 Å². The summed E-state index contributed by atoms with van der Waals surface area (Å²) >= 11 is 4.41. The molecule has 0 unspecified atom stereocenters. The Hall–Kier alpha value is -0.490. The van der Waals surface area contributed by atoms with Gasteiger partial charge in [0, 0.05) is 11.1 Å². The van der Waals surface area contributed by atoms with E-state index in [4.69, 9.17) is 0 Å². The van der Waals surface area contributed by atoms with Gasteiger partial charge in [0.25, 0.3) is 0 Å². The number of thioether (sulfide) groups is 1. The molecule has 0 aromatic carbocycles. The molecule has 0 N–H and O–H groups in total. The summed E-state index contributed by atoms with van der Waals surface area (Å²) in [6.07, 6.45) is 1.11. The molecule has 1 rings (SSSR count). The number of alkyl halides is 3. The Morgan fingerprint density at radius 2 is 2.00 bits per heavy atom. The molecular formula is C6H3F3NS2. The Morgan fingerprint density at radius 1 is 1.33 bits per heavy atom. The Balaban J connectivity index is 2.71. The van der Waals surface area contributed by atoms with Crippen LogP contribution in [0.15, 0.2) is 28.3 Å². The molecule has 65 valence electrons. The van der Waals surface area contributed by atoms with Crippen LogP contribution in [0.2, 0.25) is 0 Å². The van der Waals surface area contributed by atoms with Gasteiger partial charge in [-0.15, -0.1) is 0 Å². The van der Waals surface area contributed by atoms with Gasteiger partial charge in [-0.1, -0.05) is 12.6 Å². The summed E-state index contributed by atoms with van der Waals surface area (Å²) in [7, 11) is 0. The molecule has 6 heteroatoms. The molecule has 0 spiro atoms. The van der Waals surface area contributed by atoms with Crippen molar-refractivity contribution in [1.82, 2.24) is 4.98 Å². The fourth-order valence-electron chi connectivity index (χ4n) is 0.561. The summed E-state index contributed by atoms with van der Waals surface area (Å²) in [5.74, 6) is 0. The van der Waals surface area contributed by atoms with Crippen molar-refractivity contribution in [1.29, 1.82) is 0 Å². The Bertz CT molecular complexity index is 256. The van der Waals surface area contributed by atoms with E-state index >= 15 is 0 Å². The van der Waals surface area contributed by atoms with Crippen LogP contribution in [0.25, 0.3) is 0 Å².